The molecule has 0 aliphatic rings. The summed E-state index contributed by atoms with van der Waals surface area (Å²) >= 11 is -3.76. The predicted molar refractivity (Wildman–Crippen MR) is 91.7 cm³/mol. The molecule has 0 amide bonds. The van der Waals surface area contributed by atoms with Crippen LogP contribution in [0.3, 0.4) is 0 Å². The molecule has 0 aliphatic carbocycles. The van der Waals surface area contributed by atoms with Crippen molar-refractivity contribution in [1.29, 1.82) is 0 Å². The molecule has 0 spiro atoms. The van der Waals surface area contributed by atoms with E-state index in [1.807, 2.05) is 20.8 Å². The first-order valence-electron chi connectivity index (χ1n) is 9.39. The van der Waals surface area contributed by atoms with Crippen molar-refractivity contribution >= 4 is 18.8 Å². The van der Waals surface area contributed by atoms with E-state index in [4.69, 9.17) is 3.07 Å². The molecule has 0 saturated carbocycles. The van der Waals surface area contributed by atoms with Gasteiger partial charge in [-0.25, -0.2) is 0 Å². The van der Waals surface area contributed by atoms with E-state index in [1.54, 1.807) is 0 Å². The normalized spacial score (nSPS) is 14.2. The molecule has 27 heavy (non-hydrogen) atoms. The summed E-state index contributed by atoms with van der Waals surface area (Å²) in [5.74, 6) is -17.7. The molecular formula is C17H30F8OSn. The molecule has 0 aromatic carbocycles. The van der Waals surface area contributed by atoms with Crippen molar-refractivity contribution < 1.29 is 38.2 Å². The zero-order valence-electron chi connectivity index (χ0n) is 16.1. The SMILES string of the molecule is CCC[CH2][Sn]([CH2]CCC)([CH2]CCC)[O]CC(F)(F)C(F)(F)C(F)(F)C(F)F. The second kappa shape index (κ2) is 11.4. The fraction of sp³-hybridized carbons (Fsp3) is 1.00. The van der Waals surface area contributed by atoms with E-state index in [2.05, 4.69) is 0 Å². The van der Waals surface area contributed by atoms with Gasteiger partial charge in [0.1, 0.15) is 0 Å². The fourth-order valence-corrected chi connectivity index (χ4v) is 16.1. The van der Waals surface area contributed by atoms with Gasteiger partial charge in [-0.2, -0.15) is 0 Å². The summed E-state index contributed by atoms with van der Waals surface area (Å²) in [4.78, 5) is 0. The molecule has 0 heterocycles. The monoisotopic (exact) mass is 522 g/mol. The van der Waals surface area contributed by atoms with Crippen LogP contribution in [0.1, 0.15) is 59.3 Å². The van der Waals surface area contributed by atoms with Crippen LogP contribution in [0.25, 0.3) is 0 Å². The van der Waals surface area contributed by atoms with Gasteiger partial charge in [0.2, 0.25) is 0 Å². The van der Waals surface area contributed by atoms with Gasteiger partial charge in [-0.3, -0.25) is 0 Å². The van der Waals surface area contributed by atoms with Crippen LogP contribution >= 0.6 is 0 Å². The Bertz CT molecular complexity index is 396. The molecule has 0 saturated heterocycles. The van der Waals surface area contributed by atoms with E-state index in [9.17, 15) is 35.1 Å². The van der Waals surface area contributed by atoms with Crippen molar-refractivity contribution in [1.82, 2.24) is 0 Å². The summed E-state index contributed by atoms with van der Waals surface area (Å²) < 4.78 is 112. The Balaban J connectivity index is 5.50. The fourth-order valence-electron chi connectivity index (χ4n) is 2.80. The molecule has 0 rings (SSSR count). The maximum absolute atomic E-state index is 13.9. The van der Waals surface area contributed by atoms with E-state index in [-0.39, 0.29) is 0 Å². The van der Waals surface area contributed by atoms with Gasteiger partial charge in [0.05, 0.1) is 0 Å². The molecule has 0 fully saturated rings. The number of alkyl halides is 8. The van der Waals surface area contributed by atoms with E-state index in [1.165, 1.54) is 0 Å². The molecule has 0 aromatic rings. The van der Waals surface area contributed by atoms with Crippen LogP contribution in [-0.4, -0.2) is 49.6 Å². The molecule has 164 valence electrons. The molecule has 1 nitrogen and oxygen atoms in total. The first-order valence-corrected chi connectivity index (χ1v) is 16.6. The number of hydrogen-bond donors (Lipinski definition) is 0. The Morgan fingerprint density at radius 1 is 0.741 bits per heavy atom. The van der Waals surface area contributed by atoms with Crippen molar-refractivity contribution in [3.05, 3.63) is 0 Å². The zero-order chi connectivity index (χ0) is 21.4. The summed E-state index contributed by atoms with van der Waals surface area (Å²) in [7, 11) is 0. The van der Waals surface area contributed by atoms with Crippen LogP contribution in [0.5, 0.6) is 0 Å². The summed E-state index contributed by atoms with van der Waals surface area (Å²) in [5, 5.41) is 0. The average Bonchev–Trinajstić information content (AvgIpc) is 2.60. The molecule has 0 radical (unpaired) electrons. The van der Waals surface area contributed by atoms with Gasteiger partial charge in [-0.05, 0) is 0 Å². The summed E-state index contributed by atoms with van der Waals surface area (Å²) in [6.07, 6.45) is -0.578. The van der Waals surface area contributed by atoms with Crippen LogP contribution < -0.4 is 0 Å². The summed E-state index contributed by atoms with van der Waals surface area (Å²) in [6.45, 7) is 3.74. The van der Waals surface area contributed by atoms with Crippen molar-refractivity contribution in [3.63, 3.8) is 0 Å². The predicted octanol–water partition coefficient (Wildman–Crippen LogP) is 7.52. The van der Waals surface area contributed by atoms with E-state index >= 15 is 0 Å². The number of rotatable bonds is 15. The Hall–Kier alpha value is 0.199. The number of unbranched alkanes of at least 4 members (excludes halogenated alkanes) is 3. The Kier molecular flexibility index (Phi) is 11.5. The van der Waals surface area contributed by atoms with Crippen LogP contribution in [-0.2, 0) is 3.07 Å². The molecule has 0 atom stereocenters. The zero-order valence-corrected chi connectivity index (χ0v) is 18.9. The Morgan fingerprint density at radius 2 is 1.11 bits per heavy atom. The van der Waals surface area contributed by atoms with Crippen LogP contribution in [0.15, 0.2) is 0 Å². The van der Waals surface area contributed by atoms with Crippen molar-refractivity contribution in [2.75, 3.05) is 6.61 Å². The van der Waals surface area contributed by atoms with Gasteiger partial charge >= 0.3 is 160 Å². The molecule has 0 bridgehead atoms. The van der Waals surface area contributed by atoms with Crippen molar-refractivity contribution in [3.8, 4) is 0 Å². The maximum atomic E-state index is 13.9. The average molecular weight is 521 g/mol. The molecule has 0 aliphatic heterocycles. The molecule has 0 aromatic heterocycles. The van der Waals surface area contributed by atoms with Gasteiger partial charge in [0, 0.05) is 0 Å². The second-order valence-corrected chi connectivity index (χ2v) is 18.8. The standard InChI is InChI=1S/C5H3F8O.3C4H9.Sn/c6-2(7)4(10,11)5(12,13)3(8,9)1-14;3*1-3-4-2;/h2H,1H2;3*1,3-4H2,2H3;/q-1;;;;+1. The molecule has 0 unspecified atom stereocenters. The van der Waals surface area contributed by atoms with E-state index in [0.717, 1.165) is 19.3 Å². The first kappa shape index (κ1) is 27.2. The minimum atomic E-state index is -6.19. The Labute approximate surface area is 160 Å². The molecular weight excluding hydrogens is 491 g/mol. The van der Waals surface area contributed by atoms with Crippen LogP contribution in [0, 0.1) is 0 Å². The van der Waals surface area contributed by atoms with Gasteiger partial charge in [-0.1, -0.05) is 0 Å². The summed E-state index contributed by atoms with van der Waals surface area (Å²) in [6, 6.07) is 0. The quantitative estimate of drug-likeness (QED) is 0.160. The van der Waals surface area contributed by atoms with Gasteiger partial charge in [0.15, 0.2) is 0 Å². The van der Waals surface area contributed by atoms with Gasteiger partial charge in [0.25, 0.3) is 0 Å². The second-order valence-electron chi connectivity index (χ2n) is 6.98. The van der Waals surface area contributed by atoms with Crippen LogP contribution in [0.4, 0.5) is 35.1 Å². The van der Waals surface area contributed by atoms with Gasteiger partial charge < -0.3 is 0 Å². The third-order valence-corrected chi connectivity index (χ3v) is 17.7. The Morgan fingerprint density at radius 3 is 1.41 bits per heavy atom. The topological polar surface area (TPSA) is 9.23 Å². The molecule has 10 heteroatoms. The molecule has 0 N–H and O–H groups in total. The first-order chi connectivity index (χ1) is 12.3. The number of hydrogen-bond acceptors (Lipinski definition) is 1. The van der Waals surface area contributed by atoms with Crippen molar-refractivity contribution in [2.45, 2.75) is 96.8 Å². The summed E-state index contributed by atoms with van der Waals surface area (Å²) in [5.41, 5.74) is 0. The van der Waals surface area contributed by atoms with Crippen LogP contribution in [0.2, 0.25) is 13.3 Å². The minimum absolute atomic E-state index is 0.526. The van der Waals surface area contributed by atoms with E-state index in [0.29, 0.717) is 32.6 Å². The third kappa shape index (κ3) is 7.19. The van der Waals surface area contributed by atoms with Gasteiger partial charge in [-0.15, -0.1) is 0 Å². The third-order valence-electron chi connectivity index (χ3n) is 4.67. The van der Waals surface area contributed by atoms with Crippen molar-refractivity contribution in [2.24, 2.45) is 0 Å². The number of halogens is 8. The van der Waals surface area contributed by atoms with E-state index < -0.39 is 49.6 Å².